The maximum absolute atomic E-state index is 12.5. The maximum Gasteiger partial charge on any atom is 0.251 e. The van der Waals surface area contributed by atoms with Gasteiger partial charge in [0, 0.05) is 29.9 Å². The van der Waals surface area contributed by atoms with Gasteiger partial charge < -0.3 is 10.6 Å². The third-order valence-corrected chi connectivity index (χ3v) is 5.61. The predicted molar refractivity (Wildman–Crippen MR) is 119 cm³/mol. The van der Waals surface area contributed by atoms with Gasteiger partial charge in [-0.1, -0.05) is 82.6 Å². The van der Waals surface area contributed by atoms with E-state index in [0.29, 0.717) is 0 Å². The molecule has 0 saturated carbocycles. The highest BCUT2D eigenvalue weighted by atomic mass is 16.1. The van der Waals surface area contributed by atoms with Crippen LogP contribution in [0.1, 0.15) is 86.2 Å². The highest BCUT2D eigenvalue weighted by molar-refractivity contribution is 5.95. The molecule has 0 atom stereocenters. The minimum Gasteiger partial charge on any atom is -0.355 e. The molecule has 28 heavy (non-hydrogen) atoms. The first kappa shape index (κ1) is 20.4. The Balaban J connectivity index is 1.37. The number of carbonyl (C=O) groups is 1. The molecule has 1 amide bonds. The predicted octanol–water partition coefficient (Wildman–Crippen LogP) is 6.60. The first-order chi connectivity index (χ1) is 13.8. The van der Waals surface area contributed by atoms with Crippen molar-refractivity contribution in [3.63, 3.8) is 0 Å². The Morgan fingerprint density at radius 2 is 1.54 bits per heavy atom. The van der Waals surface area contributed by atoms with E-state index >= 15 is 0 Å². The molecule has 0 spiro atoms. The summed E-state index contributed by atoms with van der Waals surface area (Å²) >= 11 is 0. The molecule has 3 rings (SSSR count). The van der Waals surface area contributed by atoms with Crippen molar-refractivity contribution < 1.29 is 4.79 Å². The summed E-state index contributed by atoms with van der Waals surface area (Å²) in [6.07, 6.45) is 12.6. The van der Waals surface area contributed by atoms with Crippen LogP contribution in [0.3, 0.4) is 0 Å². The lowest BCUT2D eigenvalue weighted by molar-refractivity contribution is 0.0953. The van der Waals surface area contributed by atoms with E-state index in [1.807, 2.05) is 18.2 Å². The Labute approximate surface area is 169 Å². The Morgan fingerprint density at radius 3 is 2.32 bits per heavy atom. The summed E-state index contributed by atoms with van der Waals surface area (Å²) in [5.41, 5.74) is 5.48. The van der Waals surface area contributed by atoms with Crippen LogP contribution in [0, 0.1) is 0 Å². The summed E-state index contributed by atoms with van der Waals surface area (Å²) < 4.78 is 0. The summed E-state index contributed by atoms with van der Waals surface area (Å²) in [5, 5.41) is 6.54. The van der Waals surface area contributed by atoms with Crippen molar-refractivity contribution >= 4 is 17.3 Å². The summed E-state index contributed by atoms with van der Waals surface area (Å²) in [5.74, 6) is 0.0306. The number of amides is 1. The van der Waals surface area contributed by atoms with Crippen LogP contribution in [0.2, 0.25) is 0 Å². The van der Waals surface area contributed by atoms with Crippen molar-refractivity contribution in [1.29, 1.82) is 0 Å². The summed E-state index contributed by atoms with van der Waals surface area (Å²) in [7, 11) is 0. The van der Waals surface area contributed by atoms with Crippen LogP contribution in [0.4, 0.5) is 11.4 Å². The van der Waals surface area contributed by atoms with Crippen LogP contribution >= 0.6 is 0 Å². The number of unbranched alkanes of at least 4 members (excludes halogenated alkanes) is 8. The number of hydrogen-bond acceptors (Lipinski definition) is 2. The highest BCUT2D eigenvalue weighted by Gasteiger charge is 2.16. The van der Waals surface area contributed by atoms with Crippen molar-refractivity contribution in [3.05, 3.63) is 59.2 Å². The zero-order valence-corrected chi connectivity index (χ0v) is 17.2. The molecule has 0 saturated heterocycles. The van der Waals surface area contributed by atoms with Crippen molar-refractivity contribution in [3.8, 4) is 0 Å². The molecule has 0 aromatic heterocycles. The third-order valence-electron chi connectivity index (χ3n) is 5.61. The Bertz CT molecular complexity index is 769. The second-order valence-electron chi connectivity index (χ2n) is 7.92. The second-order valence-corrected chi connectivity index (χ2v) is 7.92. The lowest BCUT2D eigenvalue weighted by Crippen LogP contribution is -2.24. The van der Waals surface area contributed by atoms with Gasteiger partial charge in [0.05, 0.1) is 0 Å². The van der Waals surface area contributed by atoms with E-state index in [1.54, 1.807) is 0 Å². The minimum atomic E-state index is 0.0306. The molecular weight excluding hydrogens is 344 g/mol. The van der Waals surface area contributed by atoms with E-state index in [2.05, 4.69) is 41.8 Å². The van der Waals surface area contributed by atoms with Crippen molar-refractivity contribution in [2.75, 3.05) is 11.9 Å². The van der Waals surface area contributed by atoms with Gasteiger partial charge in [0.25, 0.3) is 5.91 Å². The van der Waals surface area contributed by atoms with E-state index in [-0.39, 0.29) is 5.91 Å². The first-order valence-electron chi connectivity index (χ1n) is 11.0. The molecule has 3 nitrogen and oxygen atoms in total. The highest BCUT2D eigenvalue weighted by Crippen LogP contribution is 2.33. The van der Waals surface area contributed by atoms with E-state index in [4.69, 9.17) is 0 Å². The number of rotatable bonds is 11. The number of nitrogens with one attached hydrogen (secondary N) is 2. The number of hydrogen-bond donors (Lipinski definition) is 2. The van der Waals surface area contributed by atoms with Gasteiger partial charge in [-0.05, 0) is 35.7 Å². The number of carbonyl (C=O) groups excluding carboxylic acids is 1. The molecule has 1 aliphatic rings. The first-order valence-corrected chi connectivity index (χ1v) is 11.0. The molecule has 3 heteroatoms. The molecule has 0 radical (unpaired) electrons. The molecule has 0 fully saturated rings. The molecule has 2 aromatic rings. The van der Waals surface area contributed by atoms with E-state index in [9.17, 15) is 4.79 Å². The van der Waals surface area contributed by atoms with Crippen LogP contribution in [-0.4, -0.2) is 12.5 Å². The minimum absolute atomic E-state index is 0.0306. The average Bonchev–Trinajstić information content (AvgIpc) is 2.73. The Morgan fingerprint density at radius 1 is 0.857 bits per heavy atom. The molecule has 0 unspecified atom stereocenters. The van der Waals surface area contributed by atoms with Gasteiger partial charge >= 0.3 is 0 Å². The van der Waals surface area contributed by atoms with Gasteiger partial charge in [0.2, 0.25) is 0 Å². The normalized spacial score (nSPS) is 12.0. The summed E-state index contributed by atoms with van der Waals surface area (Å²) in [4.78, 5) is 12.5. The molecule has 0 bridgehead atoms. The fourth-order valence-corrected chi connectivity index (χ4v) is 3.87. The van der Waals surface area contributed by atoms with Gasteiger partial charge in [-0.3, -0.25) is 4.79 Å². The van der Waals surface area contributed by atoms with Gasteiger partial charge in [0.1, 0.15) is 0 Å². The molecule has 2 N–H and O–H groups in total. The van der Waals surface area contributed by atoms with Crippen LogP contribution in [0.25, 0.3) is 0 Å². The number of benzene rings is 2. The molecule has 0 aliphatic carbocycles. The Kier molecular flexibility index (Phi) is 7.95. The fourth-order valence-electron chi connectivity index (χ4n) is 3.87. The van der Waals surface area contributed by atoms with Gasteiger partial charge in [-0.2, -0.15) is 0 Å². The van der Waals surface area contributed by atoms with Crippen molar-refractivity contribution in [2.24, 2.45) is 0 Å². The van der Waals surface area contributed by atoms with E-state index < -0.39 is 0 Å². The zero-order chi connectivity index (χ0) is 19.6. The molecule has 150 valence electrons. The summed E-state index contributed by atoms with van der Waals surface area (Å²) in [6, 6.07) is 14.4. The largest absolute Gasteiger partial charge is 0.355 e. The topological polar surface area (TPSA) is 41.1 Å². The smallest absolute Gasteiger partial charge is 0.251 e. The second kappa shape index (κ2) is 10.9. The van der Waals surface area contributed by atoms with Crippen LogP contribution in [0.15, 0.2) is 42.5 Å². The third kappa shape index (κ3) is 5.85. The van der Waals surface area contributed by atoms with Crippen LogP contribution < -0.4 is 10.6 Å². The SMILES string of the molecule is CCCCCCCCCCCNC(=O)c1ccc2c(c1)Nc1ccccc1C2. The number of para-hydroxylation sites is 1. The molecule has 1 heterocycles. The lowest BCUT2D eigenvalue weighted by Gasteiger charge is -2.22. The molecule has 2 aromatic carbocycles. The standard InChI is InChI=1S/C25H34N2O/c1-2-3-4-5-6-7-8-9-12-17-26-25(28)22-16-15-21-18-20-13-10-11-14-23(20)27-24(21)19-22/h10-11,13-16,19,27H,2-9,12,17-18H2,1H3,(H,26,28). The van der Waals surface area contributed by atoms with Crippen molar-refractivity contribution in [1.82, 2.24) is 5.32 Å². The lowest BCUT2D eigenvalue weighted by atomic mass is 9.96. The van der Waals surface area contributed by atoms with Gasteiger partial charge in [0.15, 0.2) is 0 Å². The fraction of sp³-hybridized carbons (Fsp3) is 0.480. The maximum atomic E-state index is 12.5. The Hall–Kier alpha value is -2.29. The molecular formula is C25H34N2O. The zero-order valence-electron chi connectivity index (χ0n) is 17.2. The van der Waals surface area contributed by atoms with Crippen LogP contribution in [0.5, 0.6) is 0 Å². The van der Waals surface area contributed by atoms with Gasteiger partial charge in [-0.25, -0.2) is 0 Å². The van der Waals surface area contributed by atoms with E-state index in [1.165, 1.54) is 62.5 Å². The summed E-state index contributed by atoms with van der Waals surface area (Å²) in [6.45, 7) is 3.02. The van der Waals surface area contributed by atoms with Gasteiger partial charge in [-0.15, -0.1) is 0 Å². The number of anilines is 2. The monoisotopic (exact) mass is 378 g/mol. The number of fused-ring (bicyclic) bond motifs is 2. The molecule has 1 aliphatic heterocycles. The van der Waals surface area contributed by atoms with E-state index in [0.717, 1.165) is 36.3 Å². The quantitative estimate of drug-likeness (QED) is 0.369. The van der Waals surface area contributed by atoms with Crippen LogP contribution in [-0.2, 0) is 6.42 Å². The van der Waals surface area contributed by atoms with Crippen molar-refractivity contribution in [2.45, 2.75) is 71.1 Å². The average molecular weight is 379 g/mol.